The molecule has 0 spiro atoms. The molecule has 2 heterocycles. The van der Waals surface area contributed by atoms with Gasteiger partial charge in [0.1, 0.15) is 5.69 Å². The van der Waals surface area contributed by atoms with Crippen molar-refractivity contribution in [2.45, 2.75) is 18.9 Å². The van der Waals surface area contributed by atoms with Crippen molar-refractivity contribution in [3.63, 3.8) is 0 Å². The highest BCUT2D eigenvalue weighted by molar-refractivity contribution is 6.30. The van der Waals surface area contributed by atoms with Crippen LogP contribution < -0.4 is 0 Å². The lowest BCUT2D eigenvalue weighted by Crippen LogP contribution is -2.42. The summed E-state index contributed by atoms with van der Waals surface area (Å²) in [5.41, 5.74) is 0.374. The highest BCUT2D eigenvalue weighted by Gasteiger charge is 2.23. The molecule has 1 N–H and O–H groups in total. The number of piperidine rings is 1. The normalized spacial score (nSPS) is 20.9. The molecule has 1 amide bonds. The minimum absolute atomic E-state index is 0.143. The summed E-state index contributed by atoms with van der Waals surface area (Å²) in [6.07, 6.45) is 2.64. The van der Waals surface area contributed by atoms with Crippen LogP contribution in [0.15, 0.2) is 18.3 Å². The number of aliphatic hydroxyl groups is 1. The fraction of sp³-hybridized carbons (Fsp3) is 0.455. The molecule has 1 atom stereocenters. The molecule has 1 aromatic heterocycles. The smallest absolute Gasteiger partial charge is 0.272 e. The van der Waals surface area contributed by atoms with Gasteiger partial charge in [0.15, 0.2) is 0 Å². The summed E-state index contributed by atoms with van der Waals surface area (Å²) in [7, 11) is 0. The van der Waals surface area contributed by atoms with Crippen LogP contribution in [0.5, 0.6) is 0 Å². The number of carbonyl (C=O) groups excluding carboxylic acids is 1. The van der Waals surface area contributed by atoms with Crippen LogP contribution >= 0.6 is 11.6 Å². The van der Waals surface area contributed by atoms with Crippen molar-refractivity contribution >= 4 is 17.5 Å². The second-order valence-electron chi connectivity index (χ2n) is 3.91. The average molecular weight is 241 g/mol. The molecule has 1 fully saturated rings. The van der Waals surface area contributed by atoms with E-state index in [1.165, 1.54) is 6.20 Å². The Kier molecular flexibility index (Phi) is 3.41. The van der Waals surface area contributed by atoms with E-state index in [0.29, 0.717) is 23.8 Å². The van der Waals surface area contributed by atoms with Gasteiger partial charge in [0.2, 0.25) is 0 Å². The molecular weight excluding hydrogens is 228 g/mol. The Hall–Kier alpha value is -1.13. The monoisotopic (exact) mass is 240 g/mol. The van der Waals surface area contributed by atoms with Crippen molar-refractivity contribution in [2.24, 2.45) is 0 Å². The number of hydrogen-bond donors (Lipinski definition) is 1. The average Bonchev–Trinajstić information content (AvgIpc) is 2.29. The molecule has 1 aliphatic heterocycles. The summed E-state index contributed by atoms with van der Waals surface area (Å²) in [6, 6.07) is 3.24. The van der Waals surface area contributed by atoms with Crippen molar-refractivity contribution in [3.8, 4) is 0 Å². The molecule has 0 bridgehead atoms. The van der Waals surface area contributed by atoms with E-state index >= 15 is 0 Å². The first-order valence-electron chi connectivity index (χ1n) is 5.26. The zero-order chi connectivity index (χ0) is 11.5. The van der Waals surface area contributed by atoms with E-state index in [0.717, 1.165) is 12.8 Å². The van der Waals surface area contributed by atoms with Crippen molar-refractivity contribution in [2.75, 3.05) is 13.1 Å². The first-order chi connectivity index (χ1) is 7.66. The van der Waals surface area contributed by atoms with E-state index in [9.17, 15) is 9.90 Å². The first kappa shape index (κ1) is 11.4. The van der Waals surface area contributed by atoms with E-state index < -0.39 is 6.10 Å². The number of nitrogens with zero attached hydrogens (tertiary/aromatic N) is 2. The predicted octanol–water partition coefficient (Wildman–Crippen LogP) is 1.33. The lowest BCUT2D eigenvalue weighted by molar-refractivity contribution is 0.0469. The summed E-state index contributed by atoms with van der Waals surface area (Å²) in [4.78, 5) is 17.6. The number of β-amino-alcohol motifs (C(OH)–C–C–N with tert-alkyl or cyclic N) is 1. The Bertz CT molecular complexity index is 380. The number of amides is 1. The van der Waals surface area contributed by atoms with Gasteiger partial charge in [-0.25, -0.2) is 4.98 Å². The number of pyridine rings is 1. The summed E-state index contributed by atoms with van der Waals surface area (Å²) >= 11 is 5.70. The Morgan fingerprint density at radius 1 is 1.56 bits per heavy atom. The molecule has 0 aliphatic carbocycles. The SMILES string of the molecule is O=C(c1ccc(Cl)cn1)N1CCC[C@H](O)C1. The molecule has 16 heavy (non-hydrogen) atoms. The zero-order valence-electron chi connectivity index (χ0n) is 8.77. The lowest BCUT2D eigenvalue weighted by Gasteiger charge is -2.29. The third kappa shape index (κ3) is 2.51. The van der Waals surface area contributed by atoms with Gasteiger partial charge in [-0.15, -0.1) is 0 Å². The molecule has 2 rings (SSSR count). The summed E-state index contributed by atoms with van der Waals surface area (Å²) in [5, 5.41) is 9.99. The maximum Gasteiger partial charge on any atom is 0.272 e. The highest BCUT2D eigenvalue weighted by atomic mass is 35.5. The van der Waals surface area contributed by atoms with Gasteiger partial charge in [0.05, 0.1) is 11.1 Å². The summed E-state index contributed by atoms with van der Waals surface area (Å²) in [5.74, 6) is -0.143. The van der Waals surface area contributed by atoms with Crippen molar-refractivity contribution in [1.29, 1.82) is 0 Å². The van der Waals surface area contributed by atoms with Crippen LogP contribution in [-0.4, -0.2) is 40.1 Å². The van der Waals surface area contributed by atoms with Gasteiger partial charge in [0, 0.05) is 19.3 Å². The fourth-order valence-corrected chi connectivity index (χ4v) is 1.92. The number of carbonyl (C=O) groups is 1. The number of likely N-dealkylation sites (tertiary alicyclic amines) is 1. The molecule has 4 nitrogen and oxygen atoms in total. The standard InChI is InChI=1S/C11H13ClN2O2/c12-8-3-4-10(13-6-8)11(16)14-5-1-2-9(15)7-14/h3-4,6,9,15H,1-2,5,7H2/t9-/m0/s1. The van der Waals surface area contributed by atoms with Crippen LogP contribution in [0.3, 0.4) is 0 Å². The third-order valence-corrected chi connectivity index (χ3v) is 2.85. The van der Waals surface area contributed by atoms with Crippen LogP contribution in [0.1, 0.15) is 23.3 Å². The number of hydrogen-bond acceptors (Lipinski definition) is 3. The molecule has 0 radical (unpaired) electrons. The Labute approximate surface area is 98.9 Å². The molecule has 0 aromatic carbocycles. The Morgan fingerprint density at radius 3 is 3.00 bits per heavy atom. The minimum Gasteiger partial charge on any atom is -0.391 e. The molecule has 0 saturated carbocycles. The van der Waals surface area contributed by atoms with Crippen LogP contribution in [0, 0.1) is 0 Å². The van der Waals surface area contributed by atoms with Crippen LogP contribution in [-0.2, 0) is 0 Å². The summed E-state index contributed by atoms with van der Waals surface area (Å²) < 4.78 is 0. The van der Waals surface area contributed by atoms with Gasteiger partial charge in [0.25, 0.3) is 5.91 Å². The van der Waals surface area contributed by atoms with E-state index in [2.05, 4.69) is 4.98 Å². The molecule has 1 aliphatic rings. The molecule has 86 valence electrons. The lowest BCUT2D eigenvalue weighted by atomic mass is 10.1. The van der Waals surface area contributed by atoms with Gasteiger partial charge in [-0.3, -0.25) is 4.79 Å². The topological polar surface area (TPSA) is 53.4 Å². The number of aromatic nitrogens is 1. The molecule has 1 aromatic rings. The van der Waals surface area contributed by atoms with E-state index in [1.54, 1.807) is 17.0 Å². The quantitative estimate of drug-likeness (QED) is 0.806. The van der Waals surface area contributed by atoms with Crippen LogP contribution in [0.25, 0.3) is 0 Å². The maximum atomic E-state index is 12.0. The van der Waals surface area contributed by atoms with E-state index in [4.69, 9.17) is 11.6 Å². The highest BCUT2D eigenvalue weighted by Crippen LogP contribution is 2.13. The second kappa shape index (κ2) is 4.80. The van der Waals surface area contributed by atoms with Gasteiger partial charge < -0.3 is 10.0 Å². The molecule has 5 heteroatoms. The Morgan fingerprint density at radius 2 is 2.38 bits per heavy atom. The number of aliphatic hydroxyl groups excluding tert-OH is 1. The fourth-order valence-electron chi connectivity index (χ4n) is 1.80. The largest absolute Gasteiger partial charge is 0.391 e. The minimum atomic E-state index is -0.412. The van der Waals surface area contributed by atoms with Crippen molar-refractivity contribution < 1.29 is 9.90 Å². The van der Waals surface area contributed by atoms with Crippen LogP contribution in [0.2, 0.25) is 5.02 Å². The number of halogens is 1. The van der Waals surface area contributed by atoms with E-state index in [1.807, 2.05) is 0 Å². The van der Waals surface area contributed by atoms with Gasteiger partial charge in [-0.05, 0) is 25.0 Å². The molecule has 1 saturated heterocycles. The first-order valence-corrected chi connectivity index (χ1v) is 5.63. The maximum absolute atomic E-state index is 12.0. The third-order valence-electron chi connectivity index (χ3n) is 2.63. The van der Waals surface area contributed by atoms with Crippen LogP contribution in [0.4, 0.5) is 0 Å². The predicted molar refractivity (Wildman–Crippen MR) is 60.4 cm³/mol. The van der Waals surface area contributed by atoms with Crippen molar-refractivity contribution in [3.05, 3.63) is 29.0 Å². The zero-order valence-corrected chi connectivity index (χ0v) is 9.52. The molecule has 0 unspecified atom stereocenters. The summed E-state index contributed by atoms with van der Waals surface area (Å²) in [6.45, 7) is 1.07. The van der Waals surface area contributed by atoms with Gasteiger partial charge in [-0.1, -0.05) is 11.6 Å². The van der Waals surface area contributed by atoms with Gasteiger partial charge >= 0.3 is 0 Å². The van der Waals surface area contributed by atoms with E-state index in [-0.39, 0.29) is 5.91 Å². The Balaban J connectivity index is 2.09. The van der Waals surface area contributed by atoms with Crippen molar-refractivity contribution in [1.82, 2.24) is 9.88 Å². The molecular formula is C11H13ClN2O2. The second-order valence-corrected chi connectivity index (χ2v) is 4.35. The van der Waals surface area contributed by atoms with Gasteiger partial charge in [-0.2, -0.15) is 0 Å². The number of rotatable bonds is 1.